The van der Waals surface area contributed by atoms with Crippen LogP contribution in [0.5, 0.6) is 0 Å². The molecule has 1 unspecified atom stereocenters. The van der Waals surface area contributed by atoms with Gasteiger partial charge < -0.3 is 0 Å². The molecule has 3 aliphatic rings. The first-order valence-electron chi connectivity index (χ1n) is 5.64. The molecule has 2 amide bonds. The molecule has 88 valence electrons. The number of fused-ring (bicyclic) bond motifs is 2. The minimum Gasteiger partial charge on any atom is -0.284 e. The number of imide groups is 1. The maximum Gasteiger partial charge on any atom is 0.257 e. The van der Waals surface area contributed by atoms with Gasteiger partial charge in [-0.15, -0.1) is 0 Å². The SMILES string of the molecule is O=C1C=CC2=CN(O)C3=CCCCC3C(=O)N12. The maximum absolute atomic E-state index is 12.3. The van der Waals surface area contributed by atoms with Crippen LogP contribution in [0.4, 0.5) is 0 Å². The molecule has 5 heteroatoms. The molecule has 3 rings (SSSR count). The maximum atomic E-state index is 12.3. The molecule has 0 fully saturated rings. The van der Waals surface area contributed by atoms with Crippen LogP contribution in [0, 0.1) is 5.92 Å². The summed E-state index contributed by atoms with van der Waals surface area (Å²) >= 11 is 0. The zero-order chi connectivity index (χ0) is 12.0. The van der Waals surface area contributed by atoms with Gasteiger partial charge in [0.1, 0.15) is 0 Å². The molecule has 1 atom stereocenters. The quantitative estimate of drug-likeness (QED) is 0.636. The molecule has 0 radical (unpaired) electrons. The molecule has 0 bridgehead atoms. The molecule has 0 aromatic rings. The van der Waals surface area contributed by atoms with Crippen molar-refractivity contribution in [3.05, 3.63) is 35.8 Å². The van der Waals surface area contributed by atoms with E-state index in [2.05, 4.69) is 0 Å². The number of amides is 2. The van der Waals surface area contributed by atoms with E-state index in [0.29, 0.717) is 17.8 Å². The molecule has 1 N–H and O–H groups in total. The van der Waals surface area contributed by atoms with E-state index >= 15 is 0 Å². The molecule has 0 aromatic heterocycles. The first kappa shape index (κ1) is 10.3. The molecule has 1 aliphatic carbocycles. The predicted molar refractivity (Wildman–Crippen MR) is 58.1 cm³/mol. The van der Waals surface area contributed by atoms with Crippen LogP contribution in [-0.2, 0) is 9.59 Å². The molecular formula is C12H12N2O3. The smallest absolute Gasteiger partial charge is 0.257 e. The number of nitrogens with zero attached hydrogens (tertiary/aromatic N) is 2. The normalized spacial score (nSPS) is 27.5. The number of allylic oxidation sites excluding steroid dienone is 2. The van der Waals surface area contributed by atoms with Crippen molar-refractivity contribution in [3.8, 4) is 0 Å². The van der Waals surface area contributed by atoms with Crippen molar-refractivity contribution in [3.63, 3.8) is 0 Å². The summed E-state index contributed by atoms with van der Waals surface area (Å²) in [7, 11) is 0. The fraction of sp³-hybridized carbons (Fsp3) is 0.333. The Labute approximate surface area is 98.3 Å². The number of carbonyl (C=O) groups is 2. The van der Waals surface area contributed by atoms with Crippen molar-refractivity contribution >= 4 is 11.8 Å². The van der Waals surface area contributed by atoms with Gasteiger partial charge in [0, 0.05) is 6.08 Å². The van der Waals surface area contributed by atoms with Crippen LogP contribution in [0.15, 0.2) is 35.8 Å². The van der Waals surface area contributed by atoms with Gasteiger partial charge in [0.15, 0.2) is 0 Å². The van der Waals surface area contributed by atoms with Crippen molar-refractivity contribution in [2.24, 2.45) is 5.92 Å². The van der Waals surface area contributed by atoms with Gasteiger partial charge in [0.25, 0.3) is 5.91 Å². The highest BCUT2D eigenvalue weighted by molar-refractivity contribution is 6.07. The van der Waals surface area contributed by atoms with E-state index < -0.39 is 5.92 Å². The number of hydrogen-bond donors (Lipinski definition) is 1. The summed E-state index contributed by atoms with van der Waals surface area (Å²) in [5, 5.41) is 10.9. The Morgan fingerprint density at radius 3 is 2.94 bits per heavy atom. The number of hydroxylamine groups is 2. The summed E-state index contributed by atoms with van der Waals surface area (Å²) in [5.74, 6) is -0.985. The highest BCUT2D eigenvalue weighted by atomic mass is 16.5. The van der Waals surface area contributed by atoms with Crippen LogP contribution in [0.2, 0.25) is 0 Å². The Kier molecular flexibility index (Phi) is 2.16. The summed E-state index contributed by atoms with van der Waals surface area (Å²) < 4.78 is 0. The van der Waals surface area contributed by atoms with Crippen LogP contribution in [0.1, 0.15) is 19.3 Å². The third-order valence-corrected chi connectivity index (χ3v) is 3.32. The van der Waals surface area contributed by atoms with Crippen LogP contribution in [-0.4, -0.2) is 27.0 Å². The summed E-state index contributed by atoms with van der Waals surface area (Å²) in [5.41, 5.74) is 1.02. The van der Waals surface area contributed by atoms with Gasteiger partial charge in [0.05, 0.1) is 23.5 Å². The number of rotatable bonds is 0. The van der Waals surface area contributed by atoms with Gasteiger partial charge in [-0.1, -0.05) is 6.08 Å². The van der Waals surface area contributed by atoms with Crippen LogP contribution >= 0.6 is 0 Å². The van der Waals surface area contributed by atoms with E-state index in [1.165, 1.54) is 12.3 Å². The fourth-order valence-electron chi connectivity index (χ4n) is 2.49. The lowest BCUT2D eigenvalue weighted by atomic mass is 9.91. The lowest BCUT2D eigenvalue weighted by molar-refractivity contribution is -0.141. The van der Waals surface area contributed by atoms with Gasteiger partial charge >= 0.3 is 0 Å². The third kappa shape index (κ3) is 1.43. The first-order valence-corrected chi connectivity index (χ1v) is 5.64. The van der Waals surface area contributed by atoms with E-state index in [-0.39, 0.29) is 11.8 Å². The van der Waals surface area contributed by atoms with Crippen LogP contribution in [0.25, 0.3) is 0 Å². The van der Waals surface area contributed by atoms with Crippen molar-refractivity contribution in [1.82, 2.24) is 9.96 Å². The predicted octanol–water partition coefficient (Wildman–Crippen LogP) is 1.14. The van der Waals surface area contributed by atoms with Crippen molar-refractivity contribution in [2.75, 3.05) is 0 Å². The molecule has 2 aliphatic heterocycles. The van der Waals surface area contributed by atoms with E-state index in [1.807, 2.05) is 6.08 Å². The summed E-state index contributed by atoms with van der Waals surface area (Å²) in [6.07, 6.45) is 8.58. The van der Waals surface area contributed by atoms with E-state index in [1.54, 1.807) is 6.08 Å². The lowest BCUT2D eigenvalue weighted by Crippen LogP contribution is -2.37. The van der Waals surface area contributed by atoms with Gasteiger partial charge in [-0.25, -0.2) is 9.96 Å². The van der Waals surface area contributed by atoms with Gasteiger partial charge in [-0.2, -0.15) is 0 Å². The average molecular weight is 232 g/mol. The Balaban J connectivity index is 2.09. The first-order chi connectivity index (χ1) is 8.18. The molecule has 0 saturated carbocycles. The zero-order valence-electron chi connectivity index (χ0n) is 9.17. The molecule has 2 heterocycles. The monoisotopic (exact) mass is 232 g/mol. The minimum absolute atomic E-state index is 0.242. The average Bonchev–Trinajstić information content (AvgIpc) is 2.64. The van der Waals surface area contributed by atoms with Gasteiger partial charge in [0.2, 0.25) is 5.91 Å². The van der Waals surface area contributed by atoms with Crippen molar-refractivity contribution in [1.29, 1.82) is 0 Å². The Hall–Kier alpha value is -1.88. The number of carbonyl (C=O) groups excluding carboxylic acids is 2. The highest BCUT2D eigenvalue weighted by Gasteiger charge is 2.39. The van der Waals surface area contributed by atoms with E-state index in [4.69, 9.17) is 0 Å². The van der Waals surface area contributed by atoms with Crippen LogP contribution in [0.3, 0.4) is 0 Å². The fourth-order valence-corrected chi connectivity index (χ4v) is 2.49. The zero-order valence-corrected chi connectivity index (χ0v) is 9.17. The van der Waals surface area contributed by atoms with Gasteiger partial charge in [-0.3, -0.25) is 14.8 Å². The molecule has 0 spiro atoms. The lowest BCUT2D eigenvalue weighted by Gasteiger charge is -2.26. The topological polar surface area (TPSA) is 60.9 Å². The molecule has 0 saturated heterocycles. The standard InChI is InChI=1S/C12H12N2O3/c15-11-6-5-8-7-13(17)10-4-2-1-3-9(10)12(16)14(8)11/h4-7,9,17H,1-3H2. The molecular weight excluding hydrogens is 220 g/mol. The molecule has 17 heavy (non-hydrogen) atoms. The highest BCUT2D eigenvalue weighted by Crippen LogP contribution is 2.34. The Morgan fingerprint density at radius 1 is 1.29 bits per heavy atom. The number of hydrogen-bond acceptors (Lipinski definition) is 4. The van der Waals surface area contributed by atoms with Crippen LogP contribution < -0.4 is 0 Å². The third-order valence-electron chi connectivity index (χ3n) is 3.32. The molecule has 0 aromatic carbocycles. The second kappa shape index (κ2) is 3.56. The summed E-state index contributed by atoms with van der Waals surface area (Å²) in [4.78, 5) is 25.0. The van der Waals surface area contributed by atoms with Crippen molar-refractivity contribution < 1.29 is 14.8 Å². The van der Waals surface area contributed by atoms with Gasteiger partial charge in [-0.05, 0) is 25.3 Å². The Bertz CT molecular complexity index is 490. The molecule has 5 nitrogen and oxygen atoms in total. The minimum atomic E-state index is -0.411. The summed E-state index contributed by atoms with van der Waals surface area (Å²) in [6, 6.07) is 0. The largest absolute Gasteiger partial charge is 0.284 e. The summed E-state index contributed by atoms with van der Waals surface area (Å²) in [6.45, 7) is 0. The second-order valence-corrected chi connectivity index (χ2v) is 4.36. The second-order valence-electron chi connectivity index (χ2n) is 4.36. The van der Waals surface area contributed by atoms with E-state index in [9.17, 15) is 14.8 Å². The van der Waals surface area contributed by atoms with E-state index in [0.717, 1.165) is 22.8 Å². The van der Waals surface area contributed by atoms with Crippen molar-refractivity contribution in [2.45, 2.75) is 19.3 Å². The Morgan fingerprint density at radius 2 is 2.12 bits per heavy atom.